The second kappa shape index (κ2) is 10.5. The Hall–Kier alpha value is -2.22. The fourth-order valence-electron chi connectivity index (χ4n) is 2.51. The Morgan fingerprint density at radius 2 is 1.90 bits per heavy atom. The molecule has 152 valence electrons. The summed E-state index contributed by atoms with van der Waals surface area (Å²) in [4.78, 5) is 12.2. The lowest BCUT2D eigenvalue weighted by Crippen LogP contribution is -2.18. The van der Waals surface area contributed by atoms with Gasteiger partial charge in [-0.1, -0.05) is 53.2 Å². The smallest absolute Gasteiger partial charge is 0.231 e. The van der Waals surface area contributed by atoms with E-state index in [2.05, 4.69) is 15.5 Å². The molecule has 3 aromatic rings. The number of carbonyl (C=O) groups excluding carboxylic acids is 1. The monoisotopic (exact) mass is 450 g/mol. The van der Waals surface area contributed by atoms with E-state index >= 15 is 0 Å². The number of hydrogen-bond acceptors (Lipinski definition) is 5. The van der Waals surface area contributed by atoms with Gasteiger partial charge in [-0.3, -0.25) is 14.7 Å². The first-order valence-electron chi connectivity index (χ1n) is 9.04. The highest BCUT2D eigenvalue weighted by Gasteiger charge is 2.14. The zero-order chi connectivity index (χ0) is 20.6. The molecular formula is C20H20Cl2N4O2S. The van der Waals surface area contributed by atoms with E-state index in [0.717, 1.165) is 15.7 Å². The van der Waals surface area contributed by atoms with E-state index in [9.17, 15) is 4.79 Å². The molecule has 0 saturated heterocycles. The van der Waals surface area contributed by atoms with Crippen molar-refractivity contribution >= 4 is 46.8 Å². The van der Waals surface area contributed by atoms with E-state index in [1.54, 1.807) is 24.3 Å². The number of nitrogens with one attached hydrogen (secondary N) is 1. The number of amides is 1. The van der Waals surface area contributed by atoms with E-state index in [1.807, 2.05) is 35.8 Å². The highest BCUT2D eigenvalue weighted by molar-refractivity contribution is 7.98. The summed E-state index contributed by atoms with van der Waals surface area (Å²) in [6, 6.07) is 14.7. The second-order valence-electron chi connectivity index (χ2n) is 6.03. The predicted octanol–water partition coefficient (Wildman–Crippen LogP) is 5.30. The molecule has 29 heavy (non-hydrogen) atoms. The van der Waals surface area contributed by atoms with Crippen molar-refractivity contribution in [3.63, 3.8) is 0 Å². The van der Waals surface area contributed by atoms with Gasteiger partial charge in [0, 0.05) is 22.3 Å². The molecule has 0 aliphatic heterocycles. The van der Waals surface area contributed by atoms with Gasteiger partial charge in [0.05, 0.1) is 13.0 Å². The van der Waals surface area contributed by atoms with Crippen molar-refractivity contribution in [3.8, 4) is 5.75 Å². The van der Waals surface area contributed by atoms with Crippen LogP contribution in [0.4, 0.5) is 5.95 Å². The van der Waals surface area contributed by atoms with Gasteiger partial charge in [0.15, 0.2) is 5.16 Å². The standard InChI is InChI=1S/C20H20Cl2N4O2S/c1-2-26-19(23-18(27)11-12-28-16-9-7-15(21)8-10-16)24-25-20(26)29-13-14-5-3-4-6-17(14)22/h3-10H,2,11-13H2,1H3,(H,23,24,27). The van der Waals surface area contributed by atoms with Crippen molar-refractivity contribution in [2.24, 2.45) is 0 Å². The summed E-state index contributed by atoms with van der Waals surface area (Å²) in [5.74, 6) is 1.56. The fraction of sp³-hybridized carbons (Fsp3) is 0.250. The van der Waals surface area contributed by atoms with Crippen LogP contribution in [-0.2, 0) is 17.1 Å². The van der Waals surface area contributed by atoms with E-state index in [4.69, 9.17) is 27.9 Å². The van der Waals surface area contributed by atoms with Crippen LogP contribution in [0.25, 0.3) is 0 Å². The maximum atomic E-state index is 12.2. The molecule has 0 radical (unpaired) electrons. The van der Waals surface area contributed by atoms with Crippen molar-refractivity contribution in [2.45, 2.75) is 30.8 Å². The van der Waals surface area contributed by atoms with Gasteiger partial charge in [-0.2, -0.15) is 0 Å². The summed E-state index contributed by atoms with van der Waals surface area (Å²) >= 11 is 13.6. The molecule has 3 rings (SSSR count). The van der Waals surface area contributed by atoms with Crippen LogP contribution in [-0.4, -0.2) is 27.3 Å². The molecular weight excluding hydrogens is 431 g/mol. The van der Waals surface area contributed by atoms with Gasteiger partial charge in [-0.15, -0.1) is 10.2 Å². The Labute approximate surface area is 183 Å². The topological polar surface area (TPSA) is 69.0 Å². The number of anilines is 1. The number of carbonyl (C=O) groups is 1. The summed E-state index contributed by atoms with van der Waals surface area (Å²) in [5, 5.41) is 13.2. The van der Waals surface area contributed by atoms with E-state index in [1.165, 1.54) is 11.8 Å². The van der Waals surface area contributed by atoms with Crippen LogP contribution in [0.2, 0.25) is 10.0 Å². The molecule has 1 aromatic heterocycles. The zero-order valence-electron chi connectivity index (χ0n) is 15.8. The Kier molecular flexibility index (Phi) is 7.80. The summed E-state index contributed by atoms with van der Waals surface area (Å²) in [5.41, 5.74) is 1.02. The Bertz CT molecular complexity index is 963. The van der Waals surface area contributed by atoms with E-state index in [-0.39, 0.29) is 18.9 Å². The third-order valence-electron chi connectivity index (χ3n) is 4.01. The Morgan fingerprint density at radius 1 is 1.14 bits per heavy atom. The molecule has 0 saturated carbocycles. The lowest BCUT2D eigenvalue weighted by molar-refractivity contribution is -0.116. The van der Waals surface area contributed by atoms with Crippen LogP contribution in [0.15, 0.2) is 53.7 Å². The van der Waals surface area contributed by atoms with Crippen molar-refractivity contribution < 1.29 is 9.53 Å². The molecule has 9 heteroatoms. The van der Waals surface area contributed by atoms with Gasteiger partial charge in [-0.25, -0.2) is 0 Å². The molecule has 6 nitrogen and oxygen atoms in total. The van der Waals surface area contributed by atoms with Crippen molar-refractivity contribution in [3.05, 3.63) is 64.1 Å². The molecule has 0 aliphatic carbocycles. The second-order valence-corrected chi connectivity index (χ2v) is 7.82. The lowest BCUT2D eigenvalue weighted by atomic mass is 10.2. The molecule has 0 fully saturated rings. The number of ether oxygens (including phenoxy) is 1. The van der Waals surface area contributed by atoms with Gasteiger partial charge in [0.2, 0.25) is 11.9 Å². The fourth-order valence-corrected chi connectivity index (χ4v) is 3.92. The number of nitrogens with zero attached hydrogens (tertiary/aromatic N) is 3. The maximum absolute atomic E-state index is 12.2. The Morgan fingerprint density at radius 3 is 2.62 bits per heavy atom. The van der Waals surface area contributed by atoms with Crippen LogP contribution >= 0.6 is 35.0 Å². The average molecular weight is 451 g/mol. The number of hydrogen-bond donors (Lipinski definition) is 1. The minimum absolute atomic E-state index is 0.191. The van der Waals surface area contributed by atoms with Crippen LogP contribution in [0.3, 0.4) is 0 Å². The zero-order valence-corrected chi connectivity index (χ0v) is 18.1. The molecule has 0 atom stereocenters. The van der Waals surface area contributed by atoms with E-state index in [0.29, 0.717) is 29.0 Å². The number of benzene rings is 2. The highest BCUT2D eigenvalue weighted by Crippen LogP contribution is 2.27. The van der Waals surface area contributed by atoms with Crippen LogP contribution in [0, 0.1) is 0 Å². The summed E-state index contributed by atoms with van der Waals surface area (Å²) in [6.07, 6.45) is 0.196. The van der Waals surface area contributed by atoms with Gasteiger partial charge >= 0.3 is 0 Å². The number of thioether (sulfide) groups is 1. The van der Waals surface area contributed by atoms with Crippen LogP contribution in [0.1, 0.15) is 18.9 Å². The first-order chi connectivity index (χ1) is 14.1. The van der Waals surface area contributed by atoms with Crippen molar-refractivity contribution in [1.82, 2.24) is 14.8 Å². The number of halogens is 2. The molecule has 1 amide bonds. The van der Waals surface area contributed by atoms with Crippen molar-refractivity contribution in [1.29, 1.82) is 0 Å². The van der Waals surface area contributed by atoms with Gasteiger partial charge < -0.3 is 4.74 Å². The average Bonchev–Trinajstić information content (AvgIpc) is 3.10. The first-order valence-corrected chi connectivity index (χ1v) is 10.8. The highest BCUT2D eigenvalue weighted by atomic mass is 35.5. The van der Waals surface area contributed by atoms with E-state index < -0.39 is 0 Å². The molecule has 1 heterocycles. The Balaban J connectivity index is 1.53. The maximum Gasteiger partial charge on any atom is 0.231 e. The minimum Gasteiger partial charge on any atom is -0.493 e. The van der Waals surface area contributed by atoms with Gasteiger partial charge in [0.25, 0.3) is 0 Å². The lowest BCUT2D eigenvalue weighted by Gasteiger charge is -2.09. The summed E-state index contributed by atoms with van der Waals surface area (Å²) < 4.78 is 7.41. The summed E-state index contributed by atoms with van der Waals surface area (Å²) in [6.45, 7) is 2.86. The van der Waals surface area contributed by atoms with Gasteiger partial charge in [-0.05, 0) is 42.8 Å². The largest absolute Gasteiger partial charge is 0.493 e. The molecule has 0 aliphatic rings. The molecule has 1 N–H and O–H groups in total. The quantitative estimate of drug-likeness (QED) is 0.447. The predicted molar refractivity (Wildman–Crippen MR) is 117 cm³/mol. The molecule has 2 aromatic carbocycles. The SMILES string of the molecule is CCn1c(NC(=O)CCOc2ccc(Cl)cc2)nnc1SCc1ccccc1Cl. The van der Waals surface area contributed by atoms with Gasteiger partial charge in [0.1, 0.15) is 5.75 Å². The first kappa shape index (κ1) is 21.5. The third-order valence-corrected chi connectivity index (χ3v) is 5.65. The number of aromatic nitrogens is 3. The minimum atomic E-state index is -0.191. The number of rotatable bonds is 9. The van der Waals surface area contributed by atoms with Crippen LogP contribution in [0.5, 0.6) is 5.75 Å². The molecule has 0 bridgehead atoms. The van der Waals surface area contributed by atoms with Crippen LogP contribution < -0.4 is 10.1 Å². The van der Waals surface area contributed by atoms with Crippen molar-refractivity contribution in [2.75, 3.05) is 11.9 Å². The molecule has 0 spiro atoms. The summed E-state index contributed by atoms with van der Waals surface area (Å²) in [7, 11) is 0. The third kappa shape index (κ3) is 6.13. The normalized spacial score (nSPS) is 10.7. The molecule has 0 unspecified atom stereocenters.